The maximum atomic E-state index is 13.8. The zero-order chi connectivity index (χ0) is 18.1. The smallest absolute Gasteiger partial charge is 0.166 e. The third kappa shape index (κ3) is 3.60. The fourth-order valence-electron chi connectivity index (χ4n) is 2.49. The lowest BCUT2D eigenvalue weighted by Gasteiger charge is -2.20. The van der Waals surface area contributed by atoms with Gasteiger partial charge in [-0.2, -0.15) is 0 Å². The summed E-state index contributed by atoms with van der Waals surface area (Å²) in [6, 6.07) is 4.71. The first-order valence-electron chi connectivity index (χ1n) is 7.53. The molecule has 8 heteroatoms. The second-order valence-corrected chi connectivity index (χ2v) is 6.62. The van der Waals surface area contributed by atoms with E-state index >= 15 is 0 Å². The Bertz CT molecular complexity index is 931. The molecule has 130 valence electrons. The van der Waals surface area contributed by atoms with Crippen molar-refractivity contribution >= 4 is 32.0 Å². The summed E-state index contributed by atoms with van der Waals surface area (Å²) >= 11 is 6.10. The molecule has 2 unspecified atom stereocenters. The van der Waals surface area contributed by atoms with E-state index in [-0.39, 0.29) is 10.8 Å². The molecule has 0 radical (unpaired) electrons. The summed E-state index contributed by atoms with van der Waals surface area (Å²) in [4.78, 5) is 8.35. The highest BCUT2D eigenvalue weighted by Crippen LogP contribution is 2.31. The Labute approximate surface area is 152 Å². The molecule has 0 bridgehead atoms. The van der Waals surface area contributed by atoms with Crippen molar-refractivity contribution in [1.29, 1.82) is 0 Å². The van der Waals surface area contributed by atoms with Crippen molar-refractivity contribution in [3.8, 4) is 11.4 Å². The van der Waals surface area contributed by atoms with Crippen LogP contribution in [-0.4, -0.2) is 14.5 Å². The SMILES string of the molecule is Cc1cn(-c2cnc(N)c(OC(C)c3c(P)ccc(F)c3Cl)c2)cn1. The van der Waals surface area contributed by atoms with Gasteiger partial charge in [-0.05, 0) is 25.2 Å². The second kappa shape index (κ2) is 6.98. The minimum atomic E-state index is -0.514. The number of nitrogens with two attached hydrogens (primary N) is 1. The quantitative estimate of drug-likeness (QED) is 0.704. The van der Waals surface area contributed by atoms with Crippen molar-refractivity contribution < 1.29 is 9.13 Å². The minimum Gasteiger partial charge on any atom is -0.482 e. The van der Waals surface area contributed by atoms with E-state index in [0.29, 0.717) is 11.3 Å². The molecule has 0 amide bonds. The van der Waals surface area contributed by atoms with Gasteiger partial charge in [0.15, 0.2) is 11.6 Å². The molecule has 0 aliphatic carbocycles. The van der Waals surface area contributed by atoms with E-state index in [0.717, 1.165) is 16.7 Å². The Balaban J connectivity index is 1.94. The molecule has 5 nitrogen and oxygen atoms in total. The third-order valence-electron chi connectivity index (χ3n) is 3.75. The van der Waals surface area contributed by atoms with Crippen molar-refractivity contribution in [2.75, 3.05) is 5.73 Å². The zero-order valence-corrected chi connectivity index (χ0v) is 15.6. The molecule has 3 rings (SSSR count). The maximum absolute atomic E-state index is 13.8. The largest absolute Gasteiger partial charge is 0.482 e. The standard InChI is InChI=1S/C17H17ClFN4OP/c1-9-7-23(8-22-9)11-5-13(17(20)21-6-11)24-10(2)15-14(25)4-3-12(19)16(15)18/h3-8,10H,25H2,1-2H3,(H2,20,21). The number of nitrogens with zero attached hydrogens (tertiary/aromatic N) is 3. The van der Waals surface area contributed by atoms with Crippen LogP contribution in [0.3, 0.4) is 0 Å². The van der Waals surface area contributed by atoms with Gasteiger partial charge in [0, 0.05) is 17.8 Å². The molecule has 2 aromatic heterocycles. The van der Waals surface area contributed by atoms with Crippen molar-refractivity contribution in [3.63, 3.8) is 0 Å². The van der Waals surface area contributed by atoms with Crippen LogP contribution in [0.25, 0.3) is 5.69 Å². The van der Waals surface area contributed by atoms with Crippen LogP contribution < -0.4 is 15.8 Å². The number of rotatable bonds is 4. The number of ether oxygens (including phenoxy) is 1. The number of hydrogen-bond acceptors (Lipinski definition) is 4. The lowest BCUT2D eigenvalue weighted by molar-refractivity contribution is 0.228. The summed E-state index contributed by atoms with van der Waals surface area (Å²) < 4.78 is 21.5. The number of nitrogen functional groups attached to an aromatic ring is 1. The van der Waals surface area contributed by atoms with Crippen molar-refractivity contribution in [3.05, 3.63) is 59.0 Å². The highest BCUT2D eigenvalue weighted by molar-refractivity contribution is 7.27. The third-order valence-corrected chi connectivity index (χ3v) is 4.64. The van der Waals surface area contributed by atoms with Crippen LogP contribution >= 0.6 is 20.8 Å². The van der Waals surface area contributed by atoms with Crippen LogP contribution in [0.4, 0.5) is 10.2 Å². The van der Waals surface area contributed by atoms with E-state index in [2.05, 4.69) is 19.2 Å². The number of aromatic nitrogens is 3. The molecule has 0 saturated heterocycles. The molecule has 25 heavy (non-hydrogen) atoms. The first-order chi connectivity index (χ1) is 11.9. The topological polar surface area (TPSA) is 66.0 Å². The number of imidazole rings is 1. The molecule has 0 fully saturated rings. The Hall–Kier alpha value is -2.17. The van der Waals surface area contributed by atoms with Gasteiger partial charge < -0.3 is 15.0 Å². The van der Waals surface area contributed by atoms with E-state index in [4.69, 9.17) is 22.1 Å². The number of pyridine rings is 1. The Kier molecular flexibility index (Phi) is 4.93. The average Bonchev–Trinajstić information content (AvgIpc) is 3.00. The van der Waals surface area contributed by atoms with Crippen LogP contribution in [0.5, 0.6) is 5.75 Å². The van der Waals surface area contributed by atoms with Gasteiger partial charge in [-0.15, -0.1) is 9.24 Å². The van der Waals surface area contributed by atoms with E-state index in [1.165, 1.54) is 6.07 Å². The molecule has 0 saturated carbocycles. The predicted molar refractivity (Wildman–Crippen MR) is 100 cm³/mol. The van der Waals surface area contributed by atoms with Gasteiger partial charge in [0.05, 0.1) is 28.9 Å². The number of benzene rings is 1. The Morgan fingerprint density at radius 3 is 2.80 bits per heavy atom. The molecule has 1 aromatic carbocycles. The normalized spacial score (nSPS) is 12.2. The maximum Gasteiger partial charge on any atom is 0.166 e. The number of anilines is 1. The molecule has 2 atom stereocenters. The molecule has 0 aliphatic heterocycles. The molecular formula is C17H17ClFN4OP. The molecular weight excluding hydrogens is 362 g/mol. The summed E-state index contributed by atoms with van der Waals surface area (Å²) in [7, 11) is 2.53. The summed E-state index contributed by atoms with van der Waals surface area (Å²) in [5, 5.41) is 0.791. The van der Waals surface area contributed by atoms with E-state index in [1.54, 1.807) is 31.6 Å². The predicted octanol–water partition coefficient (Wildman–Crippen LogP) is 3.59. The van der Waals surface area contributed by atoms with Crippen LogP contribution in [0, 0.1) is 12.7 Å². The van der Waals surface area contributed by atoms with E-state index in [9.17, 15) is 4.39 Å². The van der Waals surface area contributed by atoms with Gasteiger partial charge in [-0.3, -0.25) is 0 Å². The van der Waals surface area contributed by atoms with Crippen LogP contribution in [0.15, 0.2) is 36.9 Å². The van der Waals surface area contributed by atoms with Gasteiger partial charge in [0.25, 0.3) is 0 Å². The minimum absolute atomic E-state index is 0.0351. The van der Waals surface area contributed by atoms with Crippen molar-refractivity contribution in [1.82, 2.24) is 14.5 Å². The Morgan fingerprint density at radius 2 is 2.12 bits per heavy atom. The van der Waals surface area contributed by atoms with Gasteiger partial charge in [0.2, 0.25) is 0 Å². The molecule has 2 heterocycles. The monoisotopic (exact) mass is 378 g/mol. The van der Waals surface area contributed by atoms with Crippen LogP contribution in [0.1, 0.15) is 24.3 Å². The summed E-state index contributed by atoms with van der Waals surface area (Å²) in [6.07, 6.45) is 4.66. The fraction of sp³-hybridized carbons (Fsp3) is 0.176. The van der Waals surface area contributed by atoms with Gasteiger partial charge in [0.1, 0.15) is 11.9 Å². The number of aryl methyl sites for hydroxylation is 1. The highest BCUT2D eigenvalue weighted by atomic mass is 35.5. The second-order valence-electron chi connectivity index (χ2n) is 5.62. The van der Waals surface area contributed by atoms with Crippen molar-refractivity contribution in [2.45, 2.75) is 20.0 Å². The first-order valence-corrected chi connectivity index (χ1v) is 8.49. The lowest BCUT2D eigenvalue weighted by Crippen LogP contribution is -2.14. The highest BCUT2D eigenvalue weighted by Gasteiger charge is 2.19. The van der Waals surface area contributed by atoms with Gasteiger partial charge in [-0.1, -0.05) is 17.7 Å². The van der Waals surface area contributed by atoms with Crippen molar-refractivity contribution in [2.24, 2.45) is 0 Å². The van der Waals surface area contributed by atoms with Gasteiger partial charge in [-0.25, -0.2) is 14.4 Å². The lowest BCUT2D eigenvalue weighted by atomic mass is 10.1. The first kappa shape index (κ1) is 17.6. The Morgan fingerprint density at radius 1 is 1.36 bits per heavy atom. The molecule has 3 aromatic rings. The molecule has 0 spiro atoms. The number of hydrogen-bond donors (Lipinski definition) is 1. The molecule has 2 N–H and O–H groups in total. The number of halogens is 2. The summed E-state index contributed by atoms with van der Waals surface area (Å²) in [5.74, 6) is 0.137. The fourth-order valence-corrected chi connectivity index (χ4v) is 3.38. The van der Waals surface area contributed by atoms with E-state index in [1.807, 2.05) is 17.7 Å². The zero-order valence-electron chi connectivity index (χ0n) is 13.7. The van der Waals surface area contributed by atoms with Crippen LogP contribution in [0.2, 0.25) is 5.02 Å². The summed E-state index contributed by atoms with van der Waals surface area (Å²) in [5.41, 5.74) is 8.12. The molecule has 0 aliphatic rings. The van der Waals surface area contributed by atoms with Crippen LogP contribution in [-0.2, 0) is 0 Å². The summed E-state index contributed by atoms with van der Waals surface area (Å²) in [6.45, 7) is 3.68. The average molecular weight is 379 g/mol. The van der Waals surface area contributed by atoms with Gasteiger partial charge >= 0.3 is 0 Å². The van der Waals surface area contributed by atoms with E-state index < -0.39 is 11.9 Å².